The number of amides is 1. The molecule has 0 spiro atoms. The van der Waals surface area contributed by atoms with Crippen molar-refractivity contribution in [1.29, 1.82) is 0 Å². The molecule has 26 heavy (non-hydrogen) atoms. The molecule has 1 aromatic heterocycles. The van der Waals surface area contributed by atoms with Crippen molar-refractivity contribution < 1.29 is 4.79 Å². The molecule has 0 fully saturated rings. The highest BCUT2D eigenvalue weighted by Crippen LogP contribution is 2.33. The van der Waals surface area contributed by atoms with E-state index in [1.54, 1.807) is 11.3 Å². The molecule has 2 aromatic carbocycles. The van der Waals surface area contributed by atoms with Gasteiger partial charge in [-0.25, -0.2) is 0 Å². The average molecular weight is 366 g/mol. The van der Waals surface area contributed by atoms with Gasteiger partial charge in [0.2, 0.25) is 0 Å². The predicted molar refractivity (Wildman–Crippen MR) is 112 cm³/mol. The maximum Gasteiger partial charge on any atom is 0.261 e. The Labute approximate surface area is 160 Å². The second-order valence-electron chi connectivity index (χ2n) is 6.88. The van der Waals surface area contributed by atoms with Gasteiger partial charge < -0.3 is 5.32 Å². The Morgan fingerprint density at radius 2 is 1.77 bits per heavy atom. The first-order valence-corrected chi connectivity index (χ1v) is 10.3. The summed E-state index contributed by atoms with van der Waals surface area (Å²) in [6.07, 6.45) is 5.47. The molecule has 0 bridgehead atoms. The zero-order valence-corrected chi connectivity index (χ0v) is 16.5. The Kier molecular flexibility index (Phi) is 6.45. The third kappa shape index (κ3) is 4.53. The van der Waals surface area contributed by atoms with Crippen LogP contribution in [0.25, 0.3) is 10.1 Å². The first-order valence-electron chi connectivity index (χ1n) is 9.53. The van der Waals surface area contributed by atoms with Gasteiger partial charge in [-0.3, -0.25) is 4.79 Å². The largest absolute Gasteiger partial charge is 0.351 e. The van der Waals surface area contributed by atoms with Crippen molar-refractivity contribution in [2.45, 2.75) is 46.0 Å². The van der Waals surface area contributed by atoms with Crippen LogP contribution in [0.5, 0.6) is 0 Å². The van der Waals surface area contributed by atoms with E-state index >= 15 is 0 Å². The number of carbonyl (C=O) groups is 1. The molecule has 136 valence electrons. The quantitative estimate of drug-likeness (QED) is 0.479. The number of fused-ring (bicyclic) bond motifs is 1. The van der Waals surface area contributed by atoms with Gasteiger partial charge in [-0.1, -0.05) is 74.2 Å². The molecule has 2 nitrogen and oxygen atoms in total. The summed E-state index contributed by atoms with van der Waals surface area (Å²) in [7, 11) is 0. The molecule has 0 aliphatic carbocycles. The standard InChI is InChI=1S/C23H27NOS/c1-3-4-5-8-15-24-23(25)22-20(16-18-13-11-17(2)12-14-18)19-9-6-7-10-21(19)26-22/h6-7,9-14H,3-5,8,15-16H2,1-2H3,(H,24,25). The molecule has 0 radical (unpaired) electrons. The van der Waals surface area contributed by atoms with E-state index in [9.17, 15) is 4.79 Å². The van der Waals surface area contributed by atoms with Gasteiger partial charge in [0.1, 0.15) is 0 Å². The van der Waals surface area contributed by atoms with E-state index in [1.165, 1.54) is 40.5 Å². The Hall–Kier alpha value is -2.13. The van der Waals surface area contributed by atoms with Crippen LogP contribution < -0.4 is 5.32 Å². The molecule has 0 aliphatic heterocycles. The number of thiophene rings is 1. The summed E-state index contributed by atoms with van der Waals surface area (Å²) in [6.45, 7) is 5.06. The molecule has 0 atom stereocenters. The first-order chi connectivity index (χ1) is 12.7. The number of rotatable bonds is 8. The molecule has 1 N–H and O–H groups in total. The molecule has 3 rings (SSSR count). The summed E-state index contributed by atoms with van der Waals surface area (Å²) in [5.74, 6) is 0.0739. The van der Waals surface area contributed by atoms with Crippen molar-refractivity contribution in [2.24, 2.45) is 0 Å². The molecule has 3 aromatic rings. The number of benzene rings is 2. The highest BCUT2D eigenvalue weighted by atomic mass is 32.1. The van der Waals surface area contributed by atoms with Crippen LogP contribution in [0.2, 0.25) is 0 Å². The smallest absolute Gasteiger partial charge is 0.261 e. The van der Waals surface area contributed by atoms with Crippen molar-refractivity contribution in [3.63, 3.8) is 0 Å². The minimum atomic E-state index is 0.0739. The fraction of sp³-hybridized carbons (Fsp3) is 0.348. The lowest BCUT2D eigenvalue weighted by atomic mass is 10.0. The topological polar surface area (TPSA) is 29.1 Å². The van der Waals surface area contributed by atoms with Crippen LogP contribution in [0.3, 0.4) is 0 Å². The van der Waals surface area contributed by atoms with Crippen molar-refractivity contribution in [2.75, 3.05) is 6.54 Å². The number of hydrogen-bond acceptors (Lipinski definition) is 2. The van der Waals surface area contributed by atoms with E-state index in [1.807, 2.05) is 6.07 Å². The molecule has 0 saturated heterocycles. The SMILES string of the molecule is CCCCCCNC(=O)c1sc2ccccc2c1Cc1ccc(C)cc1. The van der Waals surface area contributed by atoms with Crippen molar-refractivity contribution in [3.05, 3.63) is 70.1 Å². The third-order valence-electron chi connectivity index (χ3n) is 4.72. The molecule has 1 heterocycles. The second-order valence-corrected chi connectivity index (χ2v) is 7.94. The summed E-state index contributed by atoms with van der Waals surface area (Å²) in [5.41, 5.74) is 3.66. The summed E-state index contributed by atoms with van der Waals surface area (Å²) >= 11 is 1.61. The number of nitrogens with one attached hydrogen (secondary N) is 1. The van der Waals surface area contributed by atoms with Crippen molar-refractivity contribution >= 4 is 27.3 Å². The lowest BCUT2D eigenvalue weighted by Crippen LogP contribution is -2.24. The molecule has 0 aliphatic rings. The van der Waals surface area contributed by atoms with E-state index in [2.05, 4.69) is 61.6 Å². The third-order valence-corrected chi connectivity index (χ3v) is 5.93. The molecule has 0 unspecified atom stereocenters. The summed E-state index contributed by atoms with van der Waals surface area (Å²) in [6, 6.07) is 16.9. The fourth-order valence-electron chi connectivity index (χ4n) is 3.20. The maximum atomic E-state index is 12.8. The lowest BCUT2D eigenvalue weighted by molar-refractivity contribution is 0.0956. The van der Waals surface area contributed by atoms with Crippen LogP contribution in [-0.2, 0) is 6.42 Å². The van der Waals surface area contributed by atoms with Gasteiger partial charge in [-0.05, 0) is 42.3 Å². The van der Waals surface area contributed by atoms with E-state index in [0.29, 0.717) is 0 Å². The van der Waals surface area contributed by atoms with E-state index < -0.39 is 0 Å². The monoisotopic (exact) mass is 365 g/mol. The van der Waals surface area contributed by atoms with Crippen LogP contribution in [0.1, 0.15) is 59.0 Å². The van der Waals surface area contributed by atoms with Gasteiger partial charge in [0.25, 0.3) is 5.91 Å². The highest BCUT2D eigenvalue weighted by molar-refractivity contribution is 7.21. The highest BCUT2D eigenvalue weighted by Gasteiger charge is 2.18. The van der Waals surface area contributed by atoms with Crippen LogP contribution in [0, 0.1) is 6.92 Å². The number of carbonyl (C=O) groups excluding carboxylic acids is 1. The fourth-order valence-corrected chi connectivity index (χ4v) is 4.34. The molecule has 0 saturated carbocycles. The van der Waals surface area contributed by atoms with Gasteiger partial charge in [0, 0.05) is 11.2 Å². The number of unbranched alkanes of at least 4 members (excludes halogenated alkanes) is 3. The number of hydrogen-bond donors (Lipinski definition) is 1. The zero-order chi connectivity index (χ0) is 18.4. The van der Waals surface area contributed by atoms with Crippen molar-refractivity contribution in [1.82, 2.24) is 5.32 Å². The van der Waals surface area contributed by atoms with Gasteiger partial charge in [0.15, 0.2) is 0 Å². The maximum absolute atomic E-state index is 12.8. The Morgan fingerprint density at radius 1 is 1.00 bits per heavy atom. The number of aryl methyl sites for hydroxylation is 1. The molecule has 1 amide bonds. The summed E-state index contributed by atoms with van der Waals surface area (Å²) in [4.78, 5) is 13.7. The Bertz CT molecular complexity index is 864. The summed E-state index contributed by atoms with van der Waals surface area (Å²) < 4.78 is 1.19. The van der Waals surface area contributed by atoms with Gasteiger partial charge in [-0.15, -0.1) is 11.3 Å². The summed E-state index contributed by atoms with van der Waals surface area (Å²) in [5, 5.41) is 4.33. The normalized spacial score (nSPS) is 11.0. The lowest BCUT2D eigenvalue weighted by Gasteiger charge is -2.07. The van der Waals surface area contributed by atoms with Gasteiger partial charge in [-0.2, -0.15) is 0 Å². The zero-order valence-electron chi connectivity index (χ0n) is 15.7. The molecular formula is C23H27NOS. The van der Waals surface area contributed by atoms with Crippen molar-refractivity contribution in [3.8, 4) is 0 Å². The Morgan fingerprint density at radius 3 is 2.54 bits per heavy atom. The van der Waals surface area contributed by atoms with Gasteiger partial charge >= 0.3 is 0 Å². The first kappa shape index (κ1) is 18.7. The Balaban J connectivity index is 1.82. The van der Waals surface area contributed by atoms with Crippen LogP contribution in [0.15, 0.2) is 48.5 Å². The second kappa shape index (κ2) is 9.00. The van der Waals surface area contributed by atoms with Crippen LogP contribution >= 0.6 is 11.3 Å². The van der Waals surface area contributed by atoms with E-state index in [0.717, 1.165) is 29.8 Å². The van der Waals surface area contributed by atoms with E-state index in [-0.39, 0.29) is 5.91 Å². The molecule has 3 heteroatoms. The van der Waals surface area contributed by atoms with E-state index in [4.69, 9.17) is 0 Å². The van der Waals surface area contributed by atoms with Crippen LogP contribution in [0.4, 0.5) is 0 Å². The minimum absolute atomic E-state index is 0.0739. The average Bonchev–Trinajstić information content (AvgIpc) is 3.02. The van der Waals surface area contributed by atoms with Gasteiger partial charge in [0.05, 0.1) is 4.88 Å². The predicted octanol–water partition coefficient (Wildman–Crippen LogP) is 6.11. The minimum Gasteiger partial charge on any atom is -0.351 e. The molecular weight excluding hydrogens is 338 g/mol. The van der Waals surface area contributed by atoms with Crippen LogP contribution in [-0.4, -0.2) is 12.5 Å².